The first-order chi connectivity index (χ1) is 10.6. The van der Waals surface area contributed by atoms with Crippen molar-refractivity contribution in [2.24, 2.45) is 14.1 Å². The Morgan fingerprint density at radius 2 is 1.32 bits per heavy atom. The van der Waals surface area contributed by atoms with E-state index >= 15 is 0 Å². The average molecular weight is 291 g/mol. The summed E-state index contributed by atoms with van der Waals surface area (Å²) in [5.41, 5.74) is 6.55. The SMILES string of the molecule is CC(C)c1c(-c2ccccc2)n(C)[n+](C)c1-c1ccccc1. The monoisotopic (exact) mass is 291 g/mol. The predicted octanol–water partition coefficient (Wildman–Crippen LogP) is 4.31. The second-order valence-corrected chi connectivity index (χ2v) is 6.04. The van der Waals surface area contributed by atoms with E-state index in [0.29, 0.717) is 5.92 Å². The molecule has 112 valence electrons. The second-order valence-electron chi connectivity index (χ2n) is 6.04. The van der Waals surface area contributed by atoms with E-state index in [1.165, 1.54) is 28.1 Å². The molecular formula is C20H23N2+. The summed E-state index contributed by atoms with van der Waals surface area (Å²) in [5.74, 6) is 0.456. The molecule has 0 radical (unpaired) electrons. The zero-order valence-corrected chi connectivity index (χ0v) is 13.7. The summed E-state index contributed by atoms with van der Waals surface area (Å²) in [6.07, 6.45) is 0. The Bertz CT molecular complexity index is 705. The van der Waals surface area contributed by atoms with E-state index in [9.17, 15) is 0 Å². The van der Waals surface area contributed by atoms with Crippen molar-refractivity contribution in [1.29, 1.82) is 0 Å². The average Bonchev–Trinajstić information content (AvgIpc) is 2.81. The van der Waals surface area contributed by atoms with Gasteiger partial charge in [0, 0.05) is 11.1 Å². The first-order valence-corrected chi connectivity index (χ1v) is 7.81. The molecule has 2 aromatic carbocycles. The Morgan fingerprint density at radius 1 is 0.818 bits per heavy atom. The first kappa shape index (κ1) is 14.6. The molecule has 0 spiro atoms. The molecule has 2 heteroatoms. The van der Waals surface area contributed by atoms with Crippen molar-refractivity contribution in [1.82, 2.24) is 4.68 Å². The third-order valence-electron chi connectivity index (χ3n) is 4.28. The predicted molar refractivity (Wildman–Crippen MR) is 91.6 cm³/mol. The Labute approximate surface area is 132 Å². The number of hydrogen-bond donors (Lipinski definition) is 0. The van der Waals surface area contributed by atoms with Crippen molar-refractivity contribution in [2.75, 3.05) is 0 Å². The van der Waals surface area contributed by atoms with Gasteiger partial charge < -0.3 is 0 Å². The number of aromatic nitrogens is 2. The van der Waals surface area contributed by atoms with Crippen LogP contribution in [0.3, 0.4) is 0 Å². The molecule has 0 aliphatic rings. The molecular weight excluding hydrogens is 268 g/mol. The molecule has 1 heterocycles. The number of benzene rings is 2. The van der Waals surface area contributed by atoms with Crippen LogP contribution in [0.4, 0.5) is 0 Å². The third kappa shape index (κ3) is 2.35. The van der Waals surface area contributed by atoms with E-state index < -0.39 is 0 Å². The molecule has 0 N–H and O–H groups in total. The van der Waals surface area contributed by atoms with Crippen molar-refractivity contribution in [3.8, 4) is 22.5 Å². The van der Waals surface area contributed by atoms with Gasteiger partial charge in [-0.25, -0.2) is 0 Å². The highest BCUT2D eigenvalue weighted by molar-refractivity contribution is 5.73. The molecule has 0 aliphatic heterocycles. The van der Waals surface area contributed by atoms with Gasteiger partial charge in [-0.3, -0.25) is 0 Å². The van der Waals surface area contributed by atoms with Gasteiger partial charge >= 0.3 is 0 Å². The van der Waals surface area contributed by atoms with E-state index in [2.05, 4.69) is 98.0 Å². The molecule has 0 unspecified atom stereocenters. The Hall–Kier alpha value is -2.35. The Balaban J connectivity index is 2.33. The molecule has 3 rings (SSSR count). The molecule has 22 heavy (non-hydrogen) atoms. The summed E-state index contributed by atoms with van der Waals surface area (Å²) >= 11 is 0. The molecule has 0 fully saturated rings. The maximum absolute atomic E-state index is 2.27. The van der Waals surface area contributed by atoms with Crippen LogP contribution in [0.5, 0.6) is 0 Å². The normalized spacial score (nSPS) is 11.1. The first-order valence-electron chi connectivity index (χ1n) is 7.81. The zero-order chi connectivity index (χ0) is 15.7. The van der Waals surface area contributed by atoms with Crippen LogP contribution in [0, 0.1) is 0 Å². The van der Waals surface area contributed by atoms with Gasteiger partial charge in [0.05, 0.1) is 12.6 Å². The lowest BCUT2D eigenvalue weighted by Gasteiger charge is -2.07. The van der Waals surface area contributed by atoms with Crippen LogP contribution in [-0.2, 0) is 14.1 Å². The van der Waals surface area contributed by atoms with Crippen molar-refractivity contribution in [2.45, 2.75) is 19.8 Å². The third-order valence-corrected chi connectivity index (χ3v) is 4.28. The molecule has 3 aromatic rings. The molecule has 2 nitrogen and oxygen atoms in total. The van der Waals surface area contributed by atoms with Crippen LogP contribution < -0.4 is 4.68 Å². The highest BCUT2D eigenvalue weighted by Gasteiger charge is 2.29. The number of hydrogen-bond acceptors (Lipinski definition) is 0. The summed E-state index contributed by atoms with van der Waals surface area (Å²) in [5, 5.41) is 0. The molecule has 0 atom stereocenters. The van der Waals surface area contributed by atoms with E-state index in [1.807, 2.05) is 0 Å². The quantitative estimate of drug-likeness (QED) is 0.636. The van der Waals surface area contributed by atoms with E-state index in [0.717, 1.165) is 0 Å². The summed E-state index contributed by atoms with van der Waals surface area (Å²) in [6.45, 7) is 4.54. The maximum Gasteiger partial charge on any atom is 0.242 e. The van der Waals surface area contributed by atoms with Gasteiger partial charge in [0.2, 0.25) is 5.69 Å². The molecule has 0 saturated heterocycles. The molecule has 1 aromatic heterocycles. The zero-order valence-electron chi connectivity index (χ0n) is 13.7. The smallest absolute Gasteiger partial charge is 0.156 e. The molecule has 0 bridgehead atoms. The van der Waals surface area contributed by atoms with Crippen molar-refractivity contribution >= 4 is 0 Å². The van der Waals surface area contributed by atoms with E-state index in [4.69, 9.17) is 0 Å². The highest BCUT2D eigenvalue weighted by Crippen LogP contribution is 2.35. The minimum absolute atomic E-state index is 0.456. The largest absolute Gasteiger partial charge is 0.242 e. The van der Waals surface area contributed by atoms with Gasteiger partial charge in [0.1, 0.15) is 5.69 Å². The minimum atomic E-state index is 0.456. The maximum atomic E-state index is 2.27. The lowest BCUT2D eigenvalue weighted by atomic mass is 9.93. The molecule has 0 aliphatic carbocycles. The van der Waals surface area contributed by atoms with Crippen LogP contribution >= 0.6 is 0 Å². The fourth-order valence-corrected chi connectivity index (χ4v) is 3.18. The summed E-state index contributed by atoms with van der Waals surface area (Å²) in [4.78, 5) is 0. The Kier molecular flexibility index (Phi) is 3.84. The van der Waals surface area contributed by atoms with Gasteiger partial charge in [-0.15, -0.1) is 4.68 Å². The minimum Gasteiger partial charge on any atom is -0.156 e. The number of nitrogens with zero attached hydrogens (tertiary/aromatic N) is 2. The highest BCUT2D eigenvalue weighted by atomic mass is 15.4. The summed E-state index contributed by atoms with van der Waals surface area (Å²) in [6, 6.07) is 21.3. The van der Waals surface area contributed by atoms with Crippen LogP contribution in [0.1, 0.15) is 25.3 Å². The van der Waals surface area contributed by atoms with Crippen molar-refractivity contribution in [3.05, 3.63) is 66.2 Å². The standard InChI is InChI=1S/C20H23N2/c1-15(2)18-19(16-11-7-5-8-12-16)21(3)22(4)20(18)17-13-9-6-10-14-17/h5-15H,1-4H3/q+1. The van der Waals surface area contributed by atoms with Crippen LogP contribution in [0.2, 0.25) is 0 Å². The van der Waals surface area contributed by atoms with Crippen LogP contribution in [0.15, 0.2) is 60.7 Å². The lowest BCUT2D eigenvalue weighted by molar-refractivity contribution is -0.740. The van der Waals surface area contributed by atoms with Gasteiger partial charge in [0.25, 0.3) is 0 Å². The fraction of sp³-hybridized carbons (Fsp3) is 0.250. The van der Waals surface area contributed by atoms with E-state index in [-0.39, 0.29) is 0 Å². The summed E-state index contributed by atoms with van der Waals surface area (Å²) < 4.78 is 4.51. The topological polar surface area (TPSA) is 8.81 Å². The van der Waals surface area contributed by atoms with Crippen LogP contribution in [0.25, 0.3) is 22.5 Å². The second kappa shape index (κ2) is 5.80. The van der Waals surface area contributed by atoms with Gasteiger partial charge in [0.15, 0.2) is 7.05 Å². The van der Waals surface area contributed by atoms with Crippen molar-refractivity contribution in [3.63, 3.8) is 0 Å². The van der Waals surface area contributed by atoms with Gasteiger partial charge in [-0.2, -0.15) is 4.68 Å². The lowest BCUT2D eigenvalue weighted by Crippen LogP contribution is -2.39. The van der Waals surface area contributed by atoms with Crippen molar-refractivity contribution < 1.29 is 4.68 Å². The Morgan fingerprint density at radius 3 is 1.82 bits per heavy atom. The van der Waals surface area contributed by atoms with Gasteiger partial charge in [-0.1, -0.05) is 62.4 Å². The van der Waals surface area contributed by atoms with Crippen LogP contribution in [-0.4, -0.2) is 4.68 Å². The fourth-order valence-electron chi connectivity index (χ4n) is 3.18. The summed E-state index contributed by atoms with van der Waals surface area (Å²) in [7, 11) is 4.28. The van der Waals surface area contributed by atoms with E-state index in [1.54, 1.807) is 0 Å². The number of rotatable bonds is 3. The molecule has 0 amide bonds. The van der Waals surface area contributed by atoms with Gasteiger partial charge in [-0.05, 0) is 18.1 Å². The molecule has 0 saturated carbocycles.